The molecule has 1 saturated heterocycles. The van der Waals surface area contributed by atoms with Gasteiger partial charge in [-0.05, 0) is 13.0 Å². The van der Waals surface area contributed by atoms with E-state index in [2.05, 4.69) is 15.5 Å². The zero-order chi connectivity index (χ0) is 12.4. The smallest absolute Gasteiger partial charge is 0.228 e. The lowest BCUT2D eigenvalue weighted by atomic mass is 10.2. The number of hydrogen-bond acceptors (Lipinski definition) is 6. The predicted molar refractivity (Wildman–Crippen MR) is 63.1 cm³/mol. The molecule has 3 rings (SSSR count). The molecule has 0 aliphatic carbocycles. The van der Waals surface area contributed by atoms with Crippen LogP contribution in [0, 0.1) is 6.92 Å². The van der Waals surface area contributed by atoms with Gasteiger partial charge in [-0.25, -0.2) is 0 Å². The van der Waals surface area contributed by atoms with Crippen molar-refractivity contribution in [1.29, 1.82) is 0 Å². The van der Waals surface area contributed by atoms with E-state index in [1.165, 1.54) is 0 Å². The van der Waals surface area contributed by atoms with Crippen LogP contribution in [0.1, 0.15) is 11.7 Å². The van der Waals surface area contributed by atoms with E-state index in [1.54, 1.807) is 6.26 Å². The molecular formula is C12H15N3O3. The summed E-state index contributed by atoms with van der Waals surface area (Å²) in [6.45, 7) is 4.19. The first-order valence-electron chi connectivity index (χ1n) is 6.01. The maximum atomic E-state index is 5.39. The van der Waals surface area contributed by atoms with E-state index < -0.39 is 0 Å². The molecule has 96 valence electrons. The fourth-order valence-corrected chi connectivity index (χ4v) is 2.03. The Kier molecular flexibility index (Phi) is 3.12. The SMILES string of the molecule is Cc1occc1-c1noc(CC2COCCN2)n1. The number of nitrogens with zero attached hydrogens (tertiary/aromatic N) is 2. The highest BCUT2D eigenvalue weighted by molar-refractivity contribution is 5.56. The van der Waals surface area contributed by atoms with Crippen LogP contribution in [0.25, 0.3) is 11.4 Å². The van der Waals surface area contributed by atoms with Crippen LogP contribution < -0.4 is 5.32 Å². The first-order valence-corrected chi connectivity index (χ1v) is 6.01. The molecule has 0 spiro atoms. The highest BCUT2D eigenvalue weighted by Crippen LogP contribution is 2.21. The van der Waals surface area contributed by atoms with Crippen LogP contribution in [0.2, 0.25) is 0 Å². The molecule has 18 heavy (non-hydrogen) atoms. The monoisotopic (exact) mass is 249 g/mol. The van der Waals surface area contributed by atoms with E-state index in [-0.39, 0.29) is 6.04 Å². The number of aryl methyl sites for hydroxylation is 1. The summed E-state index contributed by atoms with van der Waals surface area (Å²) in [5.74, 6) is 1.99. The minimum atomic E-state index is 0.248. The topological polar surface area (TPSA) is 73.3 Å². The van der Waals surface area contributed by atoms with E-state index >= 15 is 0 Å². The van der Waals surface area contributed by atoms with E-state index in [4.69, 9.17) is 13.7 Å². The molecule has 2 aromatic heterocycles. The van der Waals surface area contributed by atoms with Crippen LogP contribution in [-0.2, 0) is 11.2 Å². The van der Waals surface area contributed by atoms with Crippen molar-refractivity contribution in [2.45, 2.75) is 19.4 Å². The molecule has 3 heterocycles. The Hall–Kier alpha value is -1.66. The molecule has 6 heteroatoms. The maximum absolute atomic E-state index is 5.39. The van der Waals surface area contributed by atoms with Gasteiger partial charge in [-0.3, -0.25) is 0 Å². The summed E-state index contributed by atoms with van der Waals surface area (Å²) in [5, 5.41) is 7.32. The molecule has 1 unspecified atom stereocenters. The van der Waals surface area contributed by atoms with Gasteiger partial charge in [0.05, 0.1) is 25.0 Å². The van der Waals surface area contributed by atoms with Gasteiger partial charge in [0, 0.05) is 19.0 Å². The normalized spacial score (nSPS) is 20.2. The van der Waals surface area contributed by atoms with Crippen molar-refractivity contribution in [2.24, 2.45) is 0 Å². The van der Waals surface area contributed by atoms with Crippen molar-refractivity contribution in [3.8, 4) is 11.4 Å². The number of ether oxygens (including phenoxy) is 1. The third kappa shape index (κ3) is 2.30. The number of furan rings is 1. The third-order valence-electron chi connectivity index (χ3n) is 2.99. The number of aromatic nitrogens is 2. The van der Waals surface area contributed by atoms with Crippen molar-refractivity contribution in [3.63, 3.8) is 0 Å². The van der Waals surface area contributed by atoms with Gasteiger partial charge in [-0.2, -0.15) is 4.98 Å². The number of morpholine rings is 1. The van der Waals surface area contributed by atoms with Gasteiger partial charge in [0.25, 0.3) is 0 Å². The Morgan fingerprint density at radius 3 is 3.17 bits per heavy atom. The van der Waals surface area contributed by atoms with Crippen molar-refractivity contribution >= 4 is 0 Å². The molecule has 2 aromatic rings. The van der Waals surface area contributed by atoms with Gasteiger partial charge in [-0.15, -0.1) is 0 Å². The van der Waals surface area contributed by atoms with Crippen LogP contribution in [0.5, 0.6) is 0 Å². The molecule has 1 aliphatic heterocycles. The summed E-state index contributed by atoms with van der Waals surface area (Å²) >= 11 is 0. The quantitative estimate of drug-likeness (QED) is 0.880. The first kappa shape index (κ1) is 11.4. The van der Waals surface area contributed by atoms with Crippen molar-refractivity contribution in [2.75, 3.05) is 19.8 Å². The van der Waals surface area contributed by atoms with Crippen LogP contribution in [0.15, 0.2) is 21.3 Å². The summed E-state index contributed by atoms with van der Waals surface area (Å²) in [7, 11) is 0. The highest BCUT2D eigenvalue weighted by Gasteiger charge is 2.18. The molecule has 0 radical (unpaired) electrons. The van der Waals surface area contributed by atoms with E-state index in [0.29, 0.717) is 24.7 Å². The molecule has 0 bridgehead atoms. The lowest BCUT2D eigenvalue weighted by Crippen LogP contribution is -2.42. The lowest BCUT2D eigenvalue weighted by molar-refractivity contribution is 0.0744. The molecule has 1 fully saturated rings. The van der Waals surface area contributed by atoms with Gasteiger partial charge in [0.1, 0.15) is 5.76 Å². The summed E-state index contributed by atoms with van der Waals surface area (Å²) < 4.78 is 15.9. The Bertz CT molecular complexity index is 514. The van der Waals surface area contributed by atoms with Crippen LogP contribution in [0.4, 0.5) is 0 Å². The number of nitrogens with one attached hydrogen (secondary N) is 1. The molecule has 1 N–H and O–H groups in total. The average molecular weight is 249 g/mol. The Balaban J connectivity index is 1.71. The van der Waals surface area contributed by atoms with Crippen molar-refractivity contribution < 1.29 is 13.7 Å². The predicted octanol–water partition coefficient (Wildman–Crippen LogP) is 1.17. The largest absolute Gasteiger partial charge is 0.469 e. The Labute approximate surface area is 104 Å². The van der Waals surface area contributed by atoms with Gasteiger partial charge in [0.2, 0.25) is 11.7 Å². The molecule has 1 aliphatic rings. The maximum Gasteiger partial charge on any atom is 0.228 e. The summed E-state index contributed by atoms with van der Waals surface area (Å²) in [5.41, 5.74) is 0.873. The minimum Gasteiger partial charge on any atom is -0.469 e. The van der Waals surface area contributed by atoms with Crippen molar-refractivity contribution in [3.05, 3.63) is 24.0 Å². The molecule has 0 amide bonds. The summed E-state index contributed by atoms with van der Waals surface area (Å²) in [4.78, 5) is 4.37. The second-order valence-electron chi connectivity index (χ2n) is 4.33. The second kappa shape index (κ2) is 4.91. The minimum absolute atomic E-state index is 0.248. The van der Waals surface area contributed by atoms with Gasteiger partial charge >= 0.3 is 0 Å². The number of rotatable bonds is 3. The lowest BCUT2D eigenvalue weighted by Gasteiger charge is -2.22. The van der Waals surface area contributed by atoms with Gasteiger partial charge < -0.3 is 19.0 Å². The first-order chi connectivity index (χ1) is 8.83. The van der Waals surface area contributed by atoms with Crippen LogP contribution in [-0.4, -0.2) is 35.9 Å². The standard InChI is InChI=1S/C12H15N3O3/c1-8-10(2-4-17-8)12-14-11(18-15-12)6-9-7-16-5-3-13-9/h2,4,9,13H,3,5-7H2,1H3. The third-order valence-corrected chi connectivity index (χ3v) is 2.99. The molecule has 0 saturated carbocycles. The van der Waals surface area contributed by atoms with E-state index in [0.717, 1.165) is 24.5 Å². The van der Waals surface area contributed by atoms with Gasteiger partial charge in [0.15, 0.2) is 0 Å². The summed E-state index contributed by atoms with van der Waals surface area (Å²) in [6, 6.07) is 2.09. The van der Waals surface area contributed by atoms with Crippen molar-refractivity contribution in [1.82, 2.24) is 15.5 Å². The fraction of sp³-hybridized carbons (Fsp3) is 0.500. The zero-order valence-corrected chi connectivity index (χ0v) is 10.2. The molecule has 0 aromatic carbocycles. The zero-order valence-electron chi connectivity index (χ0n) is 10.2. The van der Waals surface area contributed by atoms with Gasteiger partial charge in [-0.1, -0.05) is 5.16 Å². The fourth-order valence-electron chi connectivity index (χ4n) is 2.03. The average Bonchev–Trinajstić information content (AvgIpc) is 2.99. The van der Waals surface area contributed by atoms with Crippen LogP contribution >= 0.6 is 0 Å². The van der Waals surface area contributed by atoms with E-state index in [1.807, 2.05) is 13.0 Å². The highest BCUT2D eigenvalue weighted by atomic mass is 16.5. The summed E-state index contributed by atoms with van der Waals surface area (Å²) in [6.07, 6.45) is 2.31. The number of hydrogen-bond donors (Lipinski definition) is 1. The van der Waals surface area contributed by atoms with E-state index in [9.17, 15) is 0 Å². The molecular weight excluding hydrogens is 234 g/mol. The molecule has 6 nitrogen and oxygen atoms in total. The Morgan fingerprint density at radius 1 is 1.50 bits per heavy atom. The molecule has 1 atom stereocenters. The van der Waals surface area contributed by atoms with Crippen LogP contribution in [0.3, 0.4) is 0 Å². The Morgan fingerprint density at radius 2 is 2.44 bits per heavy atom. The second-order valence-corrected chi connectivity index (χ2v) is 4.33.